The Hall–Kier alpha value is -3.60. The number of nitrogens with two attached hydrogens (primary N) is 1. The molecule has 0 radical (unpaired) electrons. The molecule has 0 aliphatic carbocycles. The predicted molar refractivity (Wildman–Crippen MR) is 119 cm³/mol. The number of methoxy groups -OCH3 is 3. The van der Waals surface area contributed by atoms with Gasteiger partial charge in [-0.05, 0) is 36.4 Å². The minimum Gasteiger partial charge on any atom is -0.497 e. The number of amides is 1. The quantitative estimate of drug-likeness (QED) is 0.319. The van der Waals surface area contributed by atoms with Gasteiger partial charge in [0.25, 0.3) is 0 Å². The van der Waals surface area contributed by atoms with E-state index in [1.807, 2.05) is 24.3 Å². The lowest BCUT2D eigenvalue weighted by atomic mass is 10.2. The first-order chi connectivity index (χ1) is 15.0. The Labute approximate surface area is 184 Å². The Bertz CT molecular complexity index is 1030. The molecule has 1 amide bonds. The number of nitrogen functional groups attached to an aromatic ring is 1. The zero-order chi connectivity index (χ0) is 22.2. The van der Waals surface area contributed by atoms with E-state index in [1.165, 1.54) is 23.5 Å². The van der Waals surface area contributed by atoms with Crippen molar-refractivity contribution in [1.29, 1.82) is 0 Å². The standard InChI is InChI=1S/C20H24N6O4S/c1-28-14-6-4-13(5-7-14)22-11-18-24-25-20(26(18)21)31-12-19(27)23-16-10-15(29-2)8-9-17(16)30-3/h4-10,22H,11-12,21H2,1-3H3,(H,23,27). The second-order valence-electron chi connectivity index (χ2n) is 6.25. The summed E-state index contributed by atoms with van der Waals surface area (Å²) in [6, 6.07) is 12.7. The molecule has 0 saturated carbocycles. The lowest BCUT2D eigenvalue weighted by Crippen LogP contribution is -2.18. The summed E-state index contributed by atoms with van der Waals surface area (Å²) in [6.45, 7) is 0.379. The molecule has 0 bridgehead atoms. The average molecular weight is 445 g/mol. The van der Waals surface area contributed by atoms with E-state index < -0.39 is 0 Å². The number of hydrogen-bond donors (Lipinski definition) is 3. The van der Waals surface area contributed by atoms with Crippen molar-refractivity contribution in [3.63, 3.8) is 0 Å². The van der Waals surface area contributed by atoms with Gasteiger partial charge in [-0.15, -0.1) is 10.2 Å². The fraction of sp³-hybridized carbons (Fsp3) is 0.250. The van der Waals surface area contributed by atoms with Crippen LogP contribution < -0.4 is 30.7 Å². The summed E-state index contributed by atoms with van der Waals surface area (Å²) in [5.41, 5.74) is 1.41. The van der Waals surface area contributed by atoms with Gasteiger partial charge in [-0.2, -0.15) is 0 Å². The highest BCUT2D eigenvalue weighted by molar-refractivity contribution is 7.99. The third-order valence-corrected chi connectivity index (χ3v) is 5.23. The van der Waals surface area contributed by atoms with Gasteiger partial charge in [-0.3, -0.25) is 4.79 Å². The van der Waals surface area contributed by atoms with Gasteiger partial charge < -0.3 is 30.7 Å². The third-order valence-electron chi connectivity index (χ3n) is 4.29. The van der Waals surface area contributed by atoms with Crippen molar-refractivity contribution < 1.29 is 19.0 Å². The van der Waals surface area contributed by atoms with E-state index >= 15 is 0 Å². The summed E-state index contributed by atoms with van der Waals surface area (Å²) in [6.07, 6.45) is 0. The van der Waals surface area contributed by atoms with Crippen LogP contribution in [0.15, 0.2) is 47.6 Å². The molecular weight excluding hydrogens is 420 g/mol. The number of nitrogens with zero attached hydrogens (tertiary/aromatic N) is 3. The Balaban J connectivity index is 1.55. The van der Waals surface area contributed by atoms with E-state index in [0.29, 0.717) is 34.7 Å². The van der Waals surface area contributed by atoms with Crippen molar-refractivity contribution in [3.8, 4) is 17.2 Å². The summed E-state index contributed by atoms with van der Waals surface area (Å²) in [5.74, 6) is 8.39. The van der Waals surface area contributed by atoms with Crippen LogP contribution in [-0.4, -0.2) is 47.9 Å². The average Bonchev–Trinajstić information content (AvgIpc) is 3.15. The van der Waals surface area contributed by atoms with E-state index in [4.69, 9.17) is 20.1 Å². The first-order valence-electron chi connectivity index (χ1n) is 9.26. The monoisotopic (exact) mass is 444 g/mol. The number of carbonyl (C=O) groups excluding carboxylic acids is 1. The Kier molecular flexibility index (Phi) is 7.44. The summed E-state index contributed by atoms with van der Waals surface area (Å²) in [5, 5.41) is 14.6. The predicted octanol–water partition coefficient (Wildman–Crippen LogP) is 2.36. The number of aromatic nitrogens is 3. The van der Waals surface area contributed by atoms with Gasteiger partial charge in [0.05, 0.1) is 39.3 Å². The molecule has 1 heterocycles. The van der Waals surface area contributed by atoms with Crippen molar-refractivity contribution in [2.45, 2.75) is 11.7 Å². The highest BCUT2D eigenvalue weighted by Crippen LogP contribution is 2.29. The van der Waals surface area contributed by atoms with Gasteiger partial charge >= 0.3 is 0 Å². The van der Waals surface area contributed by atoms with Crippen molar-refractivity contribution in [3.05, 3.63) is 48.3 Å². The molecule has 3 rings (SSSR count). The first kappa shape index (κ1) is 22.1. The molecule has 164 valence electrons. The number of ether oxygens (including phenoxy) is 3. The molecule has 3 aromatic rings. The molecule has 2 aromatic carbocycles. The van der Waals surface area contributed by atoms with E-state index in [-0.39, 0.29) is 11.7 Å². The number of nitrogens with one attached hydrogen (secondary N) is 2. The van der Waals surface area contributed by atoms with Gasteiger partial charge in [0.15, 0.2) is 5.82 Å². The SMILES string of the molecule is COc1ccc(NCc2nnc(SCC(=O)Nc3cc(OC)ccc3OC)n2N)cc1. The van der Waals surface area contributed by atoms with Crippen LogP contribution in [0.1, 0.15) is 5.82 Å². The zero-order valence-electron chi connectivity index (χ0n) is 17.4. The molecule has 0 saturated heterocycles. The fourth-order valence-corrected chi connectivity index (χ4v) is 3.32. The smallest absolute Gasteiger partial charge is 0.234 e. The molecule has 4 N–H and O–H groups in total. The molecule has 31 heavy (non-hydrogen) atoms. The summed E-state index contributed by atoms with van der Waals surface area (Å²) in [7, 11) is 4.70. The number of thioether (sulfide) groups is 1. The van der Waals surface area contributed by atoms with Gasteiger partial charge in [-0.25, -0.2) is 4.68 Å². The third kappa shape index (κ3) is 5.72. The summed E-state index contributed by atoms with van der Waals surface area (Å²) < 4.78 is 17.0. The van der Waals surface area contributed by atoms with Gasteiger partial charge in [-0.1, -0.05) is 11.8 Å². The minimum atomic E-state index is -0.238. The molecule has 0 aliphatic heterocycles. The normalized spacial score (nSPS) is 10.4. The maximum atomic E-state index is 12.4. The van der Waals surface area contributed by atoms with E-state index in [2.05, 4.69) is 20.8 Å². The van der Waals surface area contributed by atoms with Crippen molar-refractivity contribution in [1.82, 2.24) is 14.9 Å². The molecular formula is C20H24N6O4S. The van der Waals surface area contributed by atoms with Crippen LogP contribution >= 0.6 is 11.8 Å². The second kappa shape index (κ2) is 10.4. The molecule has 11 heteroatoms. The molecule has 0 atom stereocenters. The van der Waals surface area contributed by atoms with Crippen molar-refractivity contribution in [2.24, 2.45) is 0 Å². The number of benzene rings is 2. The van der Waals surface area contributed by atoms with Crippen LogP contribution in [-0.2, 0) is 11.3 Å². The van der Waals surface area contributed by atoms with E-state index in [0.717, 1.165) is 11.4 Å². The highest BCUT2D eigenvalue weighted by atomic mass is 32.2. The number of hydrogen-bond acceptors (Lipinski definition) is 9. The molecule has 1 aromatic heterocycles. The second-order valence-corrected chi connectivity index (χ2v) is 7.20. The topological polar surface area (TPSA) is 126 Å². The maximum Gasteiger partial charge on any atom is 0.234 e. The number of carbonyl (C=O) groups is 1. The number of anilines is 2. The Morgan fingerprint density at radius 1 is 1.03 bits per heavy atom. The van der Waals surface area contributed by atoms with Crippen LogP contribution in [0.3, 0.4) is 0 Å². The molecule has 0 unspecified atom stereocenters. The van der Waals surface area contributed by atoms with Gasteiger partial charge in [0.1, 0.15) is 17.2 Å². The summed E-state index contributed by atoms with van der Waals surface area (Å²) >= 11 is 1.18. The van der Waals surface area contributed by atoms with Crippen LogP contribution in [0.2, 0.25) is 0 Å². The van der Waals surface area contributed by atoms with Crippen LogP contribution in [0.4, 0.5) is 11.4 Å². The molecule has 10 nitrogen and oxygen atoms in total. The van der Waals surface area contributed by atoms with Crippen molar-refractivity contribution >= 4 is 29.0 Å². The Morgan fingerprint density at radius 3 is 2.42 bits per heavy atom. The van der Waals surface area contributed by atoms with E-state index in [1.54, 1.807) is 32.4 Å². The first-order valence-corrected chi connectivity index (χ1v) is 10.2. The lowest BCUT2D eigenvalue weighted by molar-refractivity contribution is -0.113. The maximum absolute atomic E-state index is 12.4. The lowest BCUT2D eigenvalue weighted by Gasteiger charge is -2.11. The molecule has 0 spiro atoms. The van der Waals surface area contributed by atoms with Gasteiger partial charge in [0.2, 0.25) is 11.1 Å². The highest BCUT2D eigenvalue weighted by Gasteiger charge is 2.14. The van der Waals surface area contributed by atoms with Crippen LogP contribution in [0, 0.1) is 0 Å². The van der Waals surface area contributed by atoms with Crippen LogP contribution in [0.5, 0.6) is 17.2 Å². The molecule has 0 fully saturated rings. The van der Waals surface area contributed by atoms with Gasteiger partial charge in [0, 0.05) is 11.8 Å². The van der Waals surface area contributed by atoms with E-state index in [9.17, 15) is 4.79 Å². The largest absolute Gasteiger partial charge is 0.497 e. The zero-order valence-corrected chi connectivity index (χ0v) is 18.2. The molecule has 0 aliphatic rings. The fourth-order valence-electron chi connectivity index (χ4n) is 2.64. The van der Waals surface area contributed by atoms with Crippen molar-refractivity contribution in [2.75, 3.05) is 43.6 Å². The minimum absolute atomic E-state index is 0.0988. The summed E-state index contributed by atoms with van der Waals surface area (Å²) in [4.78, 5) is 12.4. The van der Waals surface area contributed by atoms with Crippen LogP contribution in [0.25, 0.3) is 0 Å². The Morgan fingerprint density at radius 2 is 1.74 bits per heavy atom. The number of rotatable bonds is 10.